The monoisotopic (exact) mass is 406 g/mol. The van der Waals surface area contributed by atoms with E-state index in [1.165, 1.54) is 6.07 Å². The van der Waals surface area contributed by atoms with E-state index in [1.807, 2.05) is 79.7 Å². The topological polar surface area (TPSA) is 60.4 Å². The van der Waals surface area contributed by atoms with E-state index < -0.39 is 5.63 Å². The van der Waals surface area contributed by atoms with Crippen LogP contribution in [0.3, 0.4) is 0 Å². The first kappa shape index (κ1) is 18.8. The Bertz CT molecular complexity index is 1500. The molecule has 3 aromatic carbocycles. The predicted octanol–water partition coefficient (Wildman–Crippen LogP) is 6.25. The van der Waals surface area contributed by atoms with Crippen molar-refractivity contribution >= 4 is 39.9 Å². The first-order chi connectivity index (χ1) is 15.1. The van der Waals surface area contributed by atoms with Gasteiger partial charge in [-0.3, -0.25) is 4.79 Å². The van der Waals surface area contributed by atoms with E-state index in [1.54, 1.807) is 12.1 Å². The number of rotatable bonds is 4. The maximum atomic E-state index is 13.3. The maximum Gasteiger partial charge on any atom is 0.336 e. The van der Waals surface area contributed by atoms with Gasteiger partial charge in [0.15, 0.2) is 5.76 Å². The minimum absolute atomic E-state index is 0.213. The average molecular weight is 406 g/mol. The van der Waals surface area contributed by atoms with Crippen LogP contribution in [-0.2, 0) is 0 Å². The Morgan fingerprint density at radius 1 is 0.839 bits per heavy atom. The molecule has 2 heterocycles. The predicted molar refractivity (Wildman–Crippen MR) is 122 cm³/mol. The van der Waals surface area contributed by atoms with E-state index in [0.29, 0.717) is 27.7 Å². The molecule has 0 N–H and O–H groups in total. The largest absolute Gasteiger partial charge is 0.452 e. The van der Waals surface area contributed by atoms with Gasteiger partial charge in [-0.05, 0) is 36.3 Å². The third kappa shape index (κ3) is 3.38. The first-order valence-electron chi connectivity index (χ1n) is 9.94. The maximum absolute atomic E-state index is 13.3. The van der Waals surface area contributed by atoms with Gasteiger partial charge in [0.1, 0.15) is 11.2 Å². The molecule has 4 heteroatoms. The van der Waals surface area contributed by atoms with E-state index in [4.69, 9.17) is 8.83 Å². The summed E-state index contributed by atoms with van der Waals surface area (Å²) >= 11 is 0. The summed E-state index contributed by atoms with van der Waals surface area (Å²) < 4.78 is 11.6. The highest BCUT2D eigenvalue weighted by Gasteiger charge is 2.23. The number of benzene rings is 3. The molecule has 0 spiro atoms. The minimum atomic E-state index is -0.437. The third-order valence-corrected chi connectivity index (χ3v) is 5.29. The van der Waals surface area contributed by atoms with E-state index in [9.17, 15) is 9.59 Å². The van der Waals surface area contributed by atoms with Crippen molar-refractivity contribution in [3.8, 4) is 0 Å². The molecule has 2 aromatic heterocycles. The van der Waals surface area contributed by atoms with Crippen LogP contribution in [0.15, 0.2) is 92.5 Å². The molecule has 0 saturated carbocycles. The van der Waals surface area contributed by atoms with Crippen molar-refractivity contribution in [3.63, 3.8) is 0 Å². The first-order valence-corrected chi connectivity index (χ1v) is 9.94. The quantitative estimate of drug-likeness (QED) is 0.261. The molecule has 0 amide bonds. The van der Waals surface area contributed by atoms with Crippen molar-refractivity contribution in [2.45, 2.75) is 6.92 Å². The average Bonchev–Trinajstić information content (AvgIpc) is 3.17. The van der Waals surface area contributed by atoms with Crippen molar-refractivity contribution in [1.29, 1.82) is 0 Å². The fraction of sp³-hybridized carbons (Fsp3) is 0.0370. The van der Waals surface area contributed by atoms with Crippen molar-refractivity contribution in [1.82, 2.24) is 0 Å². The summed E-state index contributed by atoms with van der Waals surface area (Å²) in [6.45, 7) is 1.86. The van der Waals surface area contributed by atoms with Gasteiger partial charge in [-0.2, -0.15) is 0 Å². The lowest BCUT2D eigenvalue weighted by atomic mass is 10.0. The van der Waals surface area contributed by atoms with Crippen LogP contribution in [0.2, 0.25) is 0 Å². The molecular formula is C27H18O4. The zero-order valence-electron chi connectivity index (χ0n) is 16.8. The van der Waals surface area contributed by atoms with E-state index >= 15 is 0 Å². The molecule has 0 aliphatic carbocycles. The van der Waals surface area contributed by atoms with Crippen LogP contribution in [0.5, 0.6) is 0 Å². The molecular weight excluding hydrogens is 388 g/mol. The van der Waals surface area contributed by atoms with Crippen LogP contribution < -0.4 is 5.63 Å². The molecule has 0 fully saturated rings. The highest BCUT2D eigenvalue weighted by Crippen LogP contribution is 2.35. The Balaban J connectivity index is 1.82. The van der Waals surface area contributed by atoms with Gasteiger partial charge in [0.25, 0.3) is 0 Å². The molecule has 4 nitrogen and oxygen atoms in total. The van der Waals surface area contributed by atoms with Crippen molar-refractivity contribution in [2.75, 3.05) is 0 Å². The molecule has 0 aliphatic rings. The number of furan rings is 1. The number of carbonyl (C=O) groups is 1. The standard InChI is InChI=1S/C27H18O4/c1-17-16-23(28)31-26-20(17)14-15-22-24(26)21(13-12-18-8-4-2-5-9-18)27(30-22)25(29)19-10-6-3-7-11-19/h2-16H,1H3. The van der Waals surface area contributed by atoms with Gasteiger partial charge in [0.05, 0.1) is 5.39 Å². The second-order valence-corrected chi connectivity index (χ2v) is 7.35. The Morgan fingerprint density at radius 3 is 2.29 bits per heavy atom. The highest BCUT2D eigenvalue weighted by molar-refractivity contribution is 6.17. The van der Waals surface area contributed by atoms with E-state index in [-0.39, 0.29) is 11.5 Å². The van der Waals surface area contributed by atoms with Crippen molar-refractivity contribution in [2.24, 2.45) is 0 Å². The number of ketones is 1. The molecule has 0 aliphatic heterocycles. The minimum Gasteiger partial charge on any atom is -0.452 e. The van der Waals surface area contributed by atoms with Gasteiger partial charge in [-0.1, -0.05) is 66.7 Å². The molecule has 0 saturated heterocycles. The molecule has 0 bridgehead atoms. The number of fused-ring (bicyclic) bond motifs is 3. The van der Waals surface area contributed by atoms with Crippen LogP contribution in [-0.4, -0.2) is 5.78 Å². The molecule has 5 aromatic rings. The van der Waals surface area contributed by atoms with Crippen LogP contribution in [0, 0.1) is 6.92 Å². The fourth-order valence-corrected chi connectivity index (χ4v) is 3.78. The Labute approximate surface area is 178 Å². The Morgan fingerprint density at radius 2 is 1.55 bits per heavy atom. The number of carbonyl (C=O) groups excluding carboxylic acids is 1. The summed E-state index contributed by atoms with van der Waals surface area (Å²) in [6, 6.07) is 23.9. The summed E-state index contributed by atoms with van der Waals surface area (Å²) in [4.78, 5) is 25.4. The number of hydrogen-bond acceptors (Lipinski definition) is 4. The van der Waals surface area contributed by atoms with Gasteiger partial charge >= 0.3 is 5.63 Å². The molecule has 0 radical (unpaired) electrons. The zero-order chi connectivity index (χ0) is 21.4. The molecule has 31 heavy (non-hydrogen) atoms. The smallest absolute Gasteiger partial charge is 0.336 e. The second-order valence-electron chi connectivity index (χ2n) is 7.35. The van der Waals surface area contributed by atoms with Gasteiger partial charge in [-0.25, -0.2) is 4.79 Å². The molecule has 150 valence electrons. The van der Waals surface area contributed by atoms with Crippen LogP contribution in [0.1, 0.15) is 32.8 Å². The van der Waals surface area contributed by atoms with Crippen LogP contribution in [0.25, 0.3) is 34.1 Å². The normalized spacial score (nSPS) is 11.5. The van der Waals surface area contributed by atoms with Crippen LogP contribution >= 0.6 is 0 Å². The lowest BCUT2D eigenvalue weighted by Gasteiger charge is -2.02. The summed E-state index contributed by atoms with van der Waals surface area (Å²) in [5, 5.41) is 1.42. The molecule has 0 unspecified atom stereocenters. The van der Waals surface area contributed by atoms with Crippen LogP contribution in [0.4, 0.5) is 0 Å². The van der Waals surface area contributed by atoms with Gasteiger partial charge in [0, 0.05) is 22.6 Å². The van der Waals surface area contributed by atoms with E-state index in [0.717, 1.165) is 16.5 Å². The lowest BCUT2D eigenvalue weighted by Crippen LogP contribution is -2.01. The van der Waals surface area contributed by atoms with Crippen molar-refractivity contribution in [3.05, 3.63) is 117 Å². The Hall–Kier alpha value is -4.18. The fourth-order valence-electron chi connectivity index (χ4n) is 3.78. The number of aryl methyl sites for hydroxylation is 1. The van der Waals surface area contributed by atoms with Gasteiger partial charge in [0.2, 0.25) is 5.78 Å². The summed E-state index contributed by atoms with van der Waals surface area (Å²) in [5.41, 5.74) is 3.38. The summed E-state index contributed by atoms with van der Waals surface area (Å²) in [5.74, 6) is -0.0160. The highest BCUT2D eigenvalue weighted by atomic mass is 16.4. The number of hydrogen-bond donors (Lipinski definition) is 0. The zero-order valence-corrected chi connectivity index (χ0v) is 16.8. The van der Waals surface area contributed by atoms with Gasteiger partial charge in [-0.15, -0.1) is 0 Å². The Kier molecular flexibility index (Phi) is 4.60. The second kappa shape index (κ2) is 7.58. The SMILES string of the molecule is Cc1cc(=O)oc2c1ccc1oc(C(=O)c3ccccc3)c(C=Cc3ccccc3)c12. The molecule has 5 rings (SSSR count). The van der Waals surface area contributed by atoms with Crippen molar-refractivity contribution < 1.29 is 13.6 Å². The van der Waals surface area contributed by atoms with E-state index in [2.05, 4.69) is 0 Å². The summed E-state index contributed by atoms with van der Waals surface area (Å²) in [6.07, 6.45) is 3.76. The molecule has 0 atom stereocenters. The van der Waals surface area contributed by atoms with Gasteiger partial charge < -0.3 is 8.83 Å². The third-order valence-electron chi connectivity index (χ3n) is 5.29. The summed E-state index contributed by atoms with van der Waals surface area (Å²) in [7, 11) is 0. The lowest BCUT2D eigenvalue weighted by molar-refractivity contribution is 0.101.